The van der Waals surface area contributed by atoms with Crippen molar-refractivity contribution < 1.29 is 45.5 Å². The summed E-state index contributed by atoms with van der Waals surface area (Å²) in [6.07, 6.45) is 2.33. The van der Waals surface area contributed by atoms with Crippen molar-refractivity contribution in [1.82, 2.24) is 20.1 Å². The maximum Gasteiger partial charge on any atom is 0.328 e. The second-order valence-electron chi connectivity index (χ2n) is 8.27. The molecule has 2 aromatic rings. The summed E-state index contributed by atoms with van der Waals surface area (Å²) in [5.74, 6) is -1.19. The number of sulfonamides is 2. The van der Waals surface area contributed by atoms with Crippen LogP contribution in [0.1, 0.15) is 39.5 Å². The zero-order valence-electron chi connectivity index (χ0n) is 21.8. The molecule has 0 radical (unpaired) electrons. The fraction of sp³-hybridized carbons (Fsp3) is 0.333. The number of esters is 2. The number of ether oxygens (including phenoxy) is 2. The van der Waals surface area contributed by atoms with Gasteiger partial charge in [-0.3, -0.25) is 9.59 Å². The zero-order chi connectivity index (χ0) is 29.8. The molecule has 218 valence electrons. The fourth-order valence-electron chi connectivity index (χ4n) is 3.18. The van der Waals surface area contributed by atoms with E-state index in [1.807, 2.05) is 9.44 Å². The molecule has 0 bridgehead atoms. The van der Waals surface area contributed by atoms with Crippen LogP contribution in [-0.2, 0) is 29.6 Å². The molecule has 2 aromatic carbocycles. The van der Waals surface area contributed by atoms with E-state index in [1.165, 1.54) is 50.2 Å². The first-order valence-electron chi connectivity index (χ1n) is 12.0. The molecule has 40 heavy (non-hydrogen) atoms. The maximum absolute atomic E-state index is 12.4. The Morgan fingerprint density at radius 1 is 0.625 bits per heavy atom. The number of hydrogen-bond acceptors (Lipinski definition) is 10. The van der Waals surface area contributed by atoms with Crippen molar-refractivity contribution in [1.29, 1.82) is 0 Å². The summed E-state index contributed by atoms with van der Waals surface area (Å²) in [4.78, 5) is 45.5. The highest BCUT2D eigenvalue weighted by Gasteiger charge is 2.19. The molecule has 0 unspecified atom stereocenters. The van der Waals surface area contributed by atoms with E-state index in [4.69, 9.17) is 9.47 Å². The number of unbranched alkanes of at least 4 members (excludes halogenated alkanes) is 3. The van der Waals surface area contributed by atoms with Gasteiger partial charge in [0.15, 0.2) is 0 Å². The molecular formula is C24H30N4O10S2. The molecule has 0 spiro atoms. The van der Waals surface area contributed by atoms with E-state index in [2.05, 4.69) is 10.6 Å². The summed E-state index contributed by atoms with van der Waals surface area (Å²) >= 11 is 0. The first kappa shape index (κ1) is 32.0. The topological polar surface area (TPSA) is 203 Å². The normalized spacial score (nSPS) is 11.2. The lowest BCUT2D eigenvalue weighted by Gasteiger charge is -2.10. The molecule has 0 saturated heterocycles. The van der Waals surface area contributed by atoms with Gasteiger partial charge < -0.3 is 20.1 Å². The number of hydrogen-bond donors (Lipinski definition) is 4. The monoisotopic (exact) mass is 598 g/mol. The van der Waals surface area contributed by atoms with Crippen molar-refractivity contribution in [3.05, 3.63) is 48.5 Å². The van der Waals surface area contributed by atoms with E-state index in [9.17, 15) is 36.0 Å². The van der Waals surface area contributed by atoms with Crippen LogP contribution in [-0.4, -0.2) is 53.9 Å². The second kappa shape index (κ2) is 14.8. The Hall–Kier alpha value is -4.18. The average molecular weight is 599 g/mol. The highest BCUT2D eigenvalue weighted by molar-refractivity contribution is 7.90. The Balaban J connectivity index is 1.64. The van der Waals surface area contributed by atoms with Crippen molar-refractivity contribution in [2.24, 2.45) is 0 Å². The van der Waals surface area contributed by atoms with E-state index in [1.54, 1.807) is 0 Å². The van der Waals surface area contributed by atoms with Gasteiger partial charge in [-0.05, 0) is 37.1 Å². The number of nitrogens with one attached hydrogen (secondary N) is 4. The molecule has 4 amide bonds. The standard InChI is InChI=1S/C24H30N4O10S2/c1-17(29)37-19-9-7-11-21(15-19)39(33,34)27-23(31)25-13-5-3-4-6-14-26-24(32)28-40(35,36)22-12-8-10-20(16-22)38-18(2)30/h7-12,15-16H,3-6,13-14H2,1-2H3,(H2,25,27,31)(H2,26,28,32). The first-order chi connectivity index (χ1) is 18.8. The molecule has 0 heterocycles. The Bertz CT molecular complexity index is 1330. The van der Waals surface area contributed by atoms with E-state index < -0.39 is 44.0 Å². The lowest BCUT2D eigenvalue weighted by Crippen LogP contribution is -2.40. The van der Waals surface area contributed by atoms with E-state index in [0.717, 1.165) is 12.1 Å². The lowest BCUT2D eigenvalue weighted by atomic mass is 10.2. The SMILES string of the molecule is CC(=O)Oc1cccc(S(=O)(=O)NC(=O)NCCCCCCNC(=O)NS(=O)(=O)c2cccc(OC(C)=O)c2)c1. The largest absolute Gasteiger partial charge is 0.427 e. The number of carbonyl (C=O) groups is 4. The lowest BCUT2D eigenvalue weighted by molar-refractivity contribution is -0.132. The van der Waals surface area contributed by atoms with Crippen molar-refractivity contribution >= 4 is 44.0 Å². The van der Waals surface area contributed by atoms with Crippen LogP contribution in [0, 0.1) is 0 Å². The van der Waals surface area contributed by atoms with Gasteiger partial charge in [0.1, 0.15) is 11.5 Å². The third-order valence-corrected chi connectivity index (χ3v) is 7.54. The molecule has 14 nitrogen and oxygen atoms in total. The van der Waals surface area contributed by atoms with Crippen molar-refractivity contribution in [2.75, 3.05) is 13.1 Å². The average Bonchev–Trinajstić information content (AvgIpc) is 2.84. The number of carbonyl (C=O) groups excluding carboxylic acids is 4. The summed E-state index contributed by atoms with van der Waals surface area (Å²) in [6.45, 7) is 2.72. The molecule has 2 rings (SSSR count). The van der Waals surface area contributed by atoms with Crippen LogP contribution in [0.15, 0.2) is 58.3 Å². The van der Waals surface area contributed by atoms with Crippen LogP contribution in [0.2, 0.25) is 0 Å². The third kappa shape index (κ3) is 11.3. The van der Waals surface area contributed by atoms with Crippen LogP contribution >= 0.6 is 0 Å². The molecule has 0 aromatic heterocycles. The van der Waals surface area contributed by atoms with Crippen LogP contribution in [0.3, 0.4) is 0 Å². The van der Waals surface area contributed by atoms with Crippen molar-refractivity contribution in [3.63, 3.8) is 0 Å². The van der Waals surface area contributed by atoms with Gasteiger partial charge in [-0.2, -0.15) is 0 Å². The number of urea groups is 2. The van der Waals surface area contributed by atoms with E-state index in [-0.39, 0.29) is 34.4 Å². The Labute approximate surface area is 231 Å². The molecule has 0 atom stereocenters. The molecule has 4 N–H and O–H groups in total. The van der Waals surface area contributed by atoms with Gasteiger partial charge in [0, 0.05) is 39.1 Å². The smallest absolute Gasteiger partial charge is 0.328 e. The summed E-state index contributed by atoms with van der Waals surface area (Å²) in [5, 5.41) is 4.86. The maximum atomic E-state index is 12.4. The highest BCUT2D eigenvalue weighted by Crippen LogP contribution is 2.18. The number of benzene rings is 2. The summed E-state index contributed by atoms with van der Waals surface area (Å²) in [6, 6.07) is 8.42. The zero-order valence-corrected chi connectivity index (χ0v) is 23.4. The van der Waals surface area contributed by atoms with Crippen molar-refractivity contribution in [2.45, 2.75) is 49.3 Å². The quantitative estimate of drug-likeness (QED) is 0.149. The van der Waals surface area contributed by atoms with Gasteiger partial charge in [-0.1, -0.05) is 25.0 Å². The summed E-state index contributed by atoms with van der Waals surface area (Å²) in [5.41, 5.74) is 0. The Morgan fingerprint density at radius 3 is 1.35 bits per heavy atom. The van der Waals surface area contributed by atoms with Gasteiger partial charge in [0.25, 0.3) is 20.0 Å². The Kier molecular flexibility index (Phi) is 11.9. The fourth-order valence-corrected chi connectivity index (χ4v) is 5.11. The first-order valence-corrected chi connectivity index (χ1v) is 14.9. The van der Waals surface area contributed by atoms with Crippen LogP contribution in [0.4, 0.5) is 9.59 Å². The predicted molar refractivity (Wildman–Crippen MR) is 141 cm³/mol. The molecule has 0 fully saturated rings. The molecule has 16 heteroatoms. The van der Waals surface area contributed by atoms with E-state index in [0.29, 0.717) is 25.7 Å². The van der Waals surface area contributed by atoms with Gasteiger partial charge in [-0.15, -0.1) is 0 Å². The minimum Gasteiger partial charge on any atom is -0.427 e. The van der Waals surface area contributed by atoms with Crippen LogP contribution in [0.25, 0.3) is 0 Å². The number of amides is 4. The van der Waals surface area contributed by atoms with Gasteiger partial charge >= 0.3 is 24.0 Å². The summed E-state index contributed by atoms with van der Waals surface area (Å²) < 4.78 is 62.9. The predicted octanol–water partition coefficient (Wildman–Crippen LogP) is 1.77. The van der Waals surface area contributed by atoms with Gasteiger partial charge in [0.2, 0.25) is 0 Å². The summed E-state index contributed by atoms with van der Waals surface area (Å²) in [7, 11) is -8.36. The highest BCUT2D eigenvalue weighted by atomic mass is 32.2. The molecule has 0 aliphatic rings. The van der Waals surface area contributed by atoms with Crippen molar-refractivity contribution in [3.8, 4) is 11.5 Å². The van der Waals surface area contributed by atoms with Crippen LogP contribution < -0.4 is 29.6 Å². The number of rotatable bonds is 13. The molecule has 0 aliphatic heterocycles. The Morgan fingerprint density at radius 2 is 1.00 bits per heavy atom. The molecule has 0 aliphatic carbocycles. The molecule has 0 saturated carbocycles. The van der Waals surface area contributed by atoms with Crippen LogP contribution in [0.5, 0.6) is 11.5 Å². The third-order valence-electron chi connectivity index (χ3n) is 4.88. The van der Waals surface area contributed by atoms with E-state index >= 15 is 0 Å². The second-order valence-corrected chi connectivity index (χ2v) is 11.6. The molecular weight excluding hydrogens is 568 g/mol. The van der Waals surface area contributed by atoms with Gasteiger partial charge in [0.05, 0.1) is 9.79 Å². The minimum atomic E-state index is -4.18. The van der Waals surface area contributed by atoms with Gasteiger partial charge in [-0.25, -0.2) is 35.9 Å². The minimum absolute atomic E-state index is 0.0235.